The van der Waals surface area contributed by atoms with Crippen LogP contribution in [0.2, 0.25) is 10.0 Å². The van der Waals surface area contributed by atoms with Crippen LogP contribution < -0.4 is 4.74 Å². The normalized spacial score (nSPS) is 11.6. The van der Waals surface area contributed by atoms with Crippen molar-refractivity contribution in [3.63, 3.8) is 0 Å². The molecule has 0 radical (unpaired) electrons. The predicted octanol–water partition coefficient (Wildman–Crippen LogP) is 8.01. The van der Waals surface area contributed by atoms with Crippen molar-refractivity contribution < 1.29 is 17.9 Å². The molecule has 0 saturated heterocycles. The number of halogens is 5. The van der Waals surface area contributed by atoms with Gasteiger partial charge in [-0.15, -0.1) is 0 Å². The number of hydrogen-bond donors (Lipinski definition) is 0. The van der Waals surface area contributed by atoms with Crippen LogP contribution in [-0.4, -0.2) is 9.78 Å². The van der Waals surface area contributed by atoms with Crippen molar-refractivity contribution in [2.24, 2.45) is 0 Å². The van der Waals surface area contributed by atoms with Crippen LogP contribution in [0.5, 0.6) is 5.75 Å². The van der Waals surface area contributed by atoms with Crippen LogP contribution in [0.1, 0.15) is 23.9 Å². The fourth-order valence-electron chi connectivity index (χ4n) is 3.54. The standard InChI is InChI=1S/C25H19Cl2F3N2O/c1-2-16-6-3-4-7-20(16)17-10-12-19(13-11-17)33-15-18-14-23(25(28,29)30)31-32(18)24-21(26)8-5-9-22(24)27/h3-14H,2,15H2,1H3. The van der Waals surface area contributed by atoms with E-state index in [4.69, 9.17) is 27.9 Å². The second-order valence-electron chi connectivity index (χ2n) is 7.32. The van der Waals surface area contributed by atoms with Gasteiger partial charge in [0.2, 0.25) is 0 Å². The lowest BCUT2D eigenvalue weighted by Crippen LogP contribution is -2.09. The van der Waals surface area contributed by atoms with Crippen LogP contribution in [0.15, 0.2) is 72.8 Å². The van der Waals surface area contributed by atoms with Gasteiger partial charge < -0.3 is 4.74 Å². The summed E-state index contributed by atoms with van der Waals surface area (Å²) in [5.74, 6) is 0.513. The number of hydrogen-bond acceptors (Lipinski definition) is 2. The minimum absolute atomic E-state index is 0.157. The number of ether oxygens (including phenoxy) is 1. The molecule has 0 atom stereocenters. The minimum atomic E-state index is -4.62. The molecule has 4 aromatic rings. The molecule has 4 rings (SSSR count). The summed E-state index contributed by atoms with van der Waals surface area (Å²) >= 11 is 12.4. The molecule has 1 aromatic heterocycles. The molecular weight excluding hydrogens is 472 g/mol. The Bertz CT molecular complexity index is 1250. The maximum atomic E-state index is 13.3. The number of aryl methyl sites for hydroxylation is 1. The molecule has 3 nitrogen and oxygen atoms in total. The molecule has 0 aliphatic rings. The van der Waals surface area contributed by atoms with Crippen LogP contribution in [0, 0.1) is 0 Å². The van der Waals surface area contributed by atoms with Gasteiger partial charge in [-0.1, -0.05) is 72.6 Å². The predicted molar refractivity (Wildman–Crippen MR) is 124 cm³/mol. The molecule has 8 heteroatoms. The second kappa shape index (κ2) is 9.49. The van der Waals surface area contributed by atoms with Gasteiger partial charge >= 0.3 is 6.18 Å². The Kier molecular flexibility index (Phi) is 6.68. The van der Waals surface area contributed by atoms with Gasteiger partial charge in [0, 0.05) is 0 Å². The van der Waals surface area contributed by atoms with Crippen LogP contribution in [0.3, 0.4) is 0 Å². The molecule has 0 bridgehead atoms. The van der Waals surface area contributed by atoms with Crippen molar-refractivity contribution in [2.45, 2.75) is 26.1 Å². The Morgan fingerprint density at radius 1 is 0.909 bits per heavy atom. The van der Waals surface area contributed by atoms with Crippen LogP contribution in [0.25, 0.3) is 16.8 Å². The number of benzene rings is 3. The zero-order chi connectivity index (χ0) is 23.6. The van der Waals surface area contributed by atoms with Crippen LogP contribution in [0.4, 0.5) is 13.2 Å². The molecule has 0 fully saturated rings. The summed E-state index contributed by atoms with van der Waals surface area (Å²) in [4.78, 5) is 0. The van der Waals surface area contributed by atoms with E-state index in [1.165, 1.54) is 17.7 Å². The van der Waals surface area contributed by atoms with E-state index in [2.05, 4.69) is 24.2 Å². The van der Waals surface area contributed by atoms with Gasteiger partial charge in [0.05, 0.1) is 15.7 Å². The highest BCUT2D eigenvalue weighted by Gasteiger charge is 2.35. The Labute approximate surface area is 199 Å². The van der Waals surface area contributed by atoms with E-state index >= 15 is 0 Å². The summed E-state index contributed by atoms with van der Waals surface area (Å²) in [7, 11) is 0. The first-order valence-corrected chi connectivity index (χ1v) is 10.9. The van der Waals surface area contributed by atoms with E-state index in [0.717, 1.165) is 28.3 Å². The average Bonchev–Trinajstić information content (AvgIpc) is 3.22. The first-order chi connectivity index (χ1) is 15.8. The molecule has 0 aliphatic heterocycles. The smallest absolute Gasteiger partial charge is 0.435 e. The summed E-state index contributed by atoms with van der Waals surface area (Å²) in [5.41, 5.74) is 2.68. The lowest BCUT2D eigenvalue weighted by molar-refractivity contribution is -0.141. The third-order valence-corrected chi connectivity index (χ3v) is 5.78. The van der Waals surface area contributed by atoms with Crippen LogP contribution >= 0.6 is 23.2 Å². The van der Waals surface area contributed by atoms with E-state index in [1.807, 2.05) is 24.3 Å². The maximum Gasteiger partial charge on any atom is 0.435 e. The first-order valence-electron chi connectivity index (χ1n) is 10.2. The molecule has 1 heterocycles. The van der Waals surface area contributed by atoms with Gasteiger partial charge in [-0.2, -0.15) is 18.3 Å². The fourth-order valence-corrected chi connectivity index (χ4v) is 4.10. The zero-order valence-electron chi connectivity index (χ0n) is 17.5. The lowest BCUT2D eigenvalue weighted by atomic mass is 9.98. The molecule has 3 aromatic carbocycles. The highest BCUT2D eigenvalue weighted by molar-refractivity contribution is 6.37. The SMILES string of the molecule is CCc1ccccc1-c1ccc(OCc2cc(C(F)(F)F)nn2-c2c(Cl)cccc2Cl)cc1. The monoisotopic (exact) mass is 490 g/mol. The van der Waals surface area contributed by atoms with E-state index in [0.29, 0.717) is 5.75 Å². The Balaban J connectivity index is 1.61. The summed E-state index contributed by atoms with van der Waals surface area (Å²) in [6.45, 7) is 1.94. The molecule has 0 amide bonds. The van der Waals surface area contributed by atoms with Gasteiger partial charge in [-0.05, 0) is 53.4 Å². The van der Waals surface area contributed by atoms with Crippen molar-refractivity contribution in [1.29, 1.82) is 0 Å². The fraction of sp³-hybridized carbons (Fsp3) is 0.160. The first kappa shape index (κ1) is 23.2. The van der Waals surface area contributed by atoms with E-state index in [1.54, 1.807) is 18.2 Å². The van der Waals surface area contributed by atoms with Crippen LogP contribution in [-0.2, 0) is 19.2 Å². The van der Waals surface area contributed by atoms with Gasteiger partial charge in [0.15, 0.2) is 5.69 Å². The van der Waals surface area contributed by atoms with Gasteiger partial charge in [-0.3, -0.25) is 0 Å². The Hall–Kier alpha value is -2.96. The van der Waals surface area contributed by atoms with Gasteiger partial charge in [0.1, 0.15) is 18.0 Å². The summed E-state index contributed by atoms with van der Waals surface area (Å²) in [5, 5.41) is 4.06. The molecule has 0 aliphatic carbocycles. The summed E-state index contributed by atoms with van der Waals surface area (Å²) in [6.07, 6.45) is -3.72. The van der Waals surface area contributed by atoms with Gasteiger partial charge in [0.25, 0.3) is 0 Å². The molecule has 0 saturated carbocycles. The zero-order valence-corrected chi connectivity index (χ0v) is 19.0. The summed E-state index contributed by atoms with van der Waals surface area (Å²) in [6, 6.07) is 21.2. The van der Waals surface area contributed by atoms with Crippen molar-refractivity contribution in [2.75, 3.05) is 0 Å². The number of aromatic nitrogens is 2. The molecule has 170 valence electrons. The molecule has 33 heavy (non-hydrogen) atoms. The van der Waals surface area contributed by atoms with Crippen molar-refractivity contribution >= 4 is 23.2 Å². The maximum absolute atomic E-state index is 13.3. The summed E-state index contributed by atoms with van der Waals surface area (Å²) < 4.78 is 46.9. The number of rotatable bonds is 6. The molecule has 0 unspecified atom stereocenters. The Morgan fingerprint density at radius 2 is 1.58 bits per heavy atom. The quantitative estimate of drug-likeness (QED) is 0.273. The highest BCUT2D eigenvalue weighted by atomic mass is 35.5. The highest BCUT2D eigenvalue weighted by Crippen LogP contribution is 2.34. The van der Waals surface area contributed by atoms with Crippen molar-refractivity contribution in [1.82, 2.24) is 9.78 Å². The topological polar surface area (TPSA) is 27.1 Å². The number of para-hydroxylation sites is 1. The number of nitrogens with zero attached hydrogens (tertiary/aromatic N) is 2. The lowest BCUT2D eigenvalue weighted by Gasteiger charge is -2.13. The molecular formula is C25H19Cl2F3N2O. The minimum Gasteiger partial charge on any atom is -0.487 e. The second-order valence-corrected chi connectivity index (χ2v) is 8.14. The third kappa shape index (κ3) is 5.02. The van der Waals surface area contributed by atoms with Crippen molar-refractivity contribution in [3.05, 3.63) is 99.8 Å². The van der Waals surface area contributed by atoms with E-state index in [9.17, 15) is 13.2 Å². The third-order valence-electron chi connectivity index (χ3n) is 5.17. The largest absolute Gasteiger partial charge is 0.487 e. The Morgan fingerprint density at radius 3 is 2.21 bits per heavy atom. The molecule has 0 N–H and O–H groups in total. The average molecular weight is 491 g/mol. The van der Waals surface area contributed by atoms with E-state index < -0.39 is 11.9 Å². The van der Waals surface area contributed by atoms with E-state index in [-0.39, 0.29) is 28.0 Å². The van der Waals surface area contributed by atoms with Crippen molar-refractivity contribution in [3.8, 4) is 22.6 Å². The molecule has 0 spiro atoms. The van der Waals surface area contributed by atoms with Gasteiger partial charge in [-0.25, -0.2) is 4.68 Å². The number of alkyl halides is 3.